The summed E-state index contributed by atoms with van der Waals surface area (Å²) >= 11 is 0. The van der Waals surface area contributed by atoms with E-state index >= 15 is 0 Å². The summed E-state index contributed by atoms with van der Waals surface area (Å²) in [7, 11) is 0. The number of nitrogens with one attached hydrogen (secondary N) is 1. The molecule has 0 saturated carbocycles. The predicted octanol–water partition coefficient (Wildman–Crippen LogP) is 0.724. The number of rotatable bonds is 3. The van der Waals surface area contributed by atoms with Crippen LogP contribution in [0.3, 0.4) is 0 Å². The van der Waals surface area contributed by atoms with Gasteiger partial charge in [0.1, 0.15) is 0 Å². The Hall–Kier alpha value is -2.77. The van der Waals surface area contributed by atoms with Crippen LogP contribution >= 0.6 is 0 Å². The maximum absolute atomic E-state index is 11.8. The Balaban J connectivity index is 2.28. The van der Waals surface area contributed by atoms with Gasteiger partial charge in [0, 0.05) is 18.0 Å². The highest BCUT2D eigenvalue weighted by Crippen LogP contribution is 2.12. The van der Waals surface area contributed by atoms with E-state index in [1.54, 1.807) is 6.92 Å². The number of anilines is 1. The van der Waals surface area contributed by atoms with Gasteiger partial charge in [-0.2, -0.15) is 0 Å². The Morgan fingerprint density at radius 3 is 2.67 bits per heavy atom. The Bertz CT molecular complexity index is 607. The molecule has 2 aromatic rings. The molecule has 8 nitrogen and oxygen atoms in total. The number of carbonyl (C=O) groups excluding carboxylic acids is 1. The molecule has 0 fully saturated rings. The molecule has 0 unspecified atom stereocenters. The summed E-state index contributed by atoms with van der Waals surface area (Å²) in [5, 5.41) is 14.6. The van der Waals surface area contributed by atoms with E-state index in [1.807, 2.05) is 0 Å². The molecule has 0 aliphatic carbocycles. The predicted molar refractivity (Wildman–Crippen MR) is 58.2 cm³/mol. The zero-order valence-corrected chi connectivity index (χ0v) is 9.25. The fourth-order valence-corrected chi connectivity index (χ4v) is 1.26. The van der Waals surface area contributed by atoms with Crippen LogP contribution in [0.2, 0.25) is 0 Å². The highest BCUT2D eigenvalue weighted by molar-refractivity contribution is 6.05. The minimum absolute atomic E-state index is 0.00279. The number of aromatic carboxylic acids is 1. The van der Waals surface area contributed by atoms with Crippen molar-refractivity contribution in [2.45, 2.75) is 6.92 Å². The molecule has 18 heavy (non-hydrogen) atoms. The van der Waals surface area contributed by atoms with Crippen LogP contribution in [0.4, 0.5) is 5.82 Å². The molecule has 0 radical (unpaired) electrons. The van der Waals surface area contributed by atoms with Gasteiger partial charge in [0.15, 0.2) is 11.5 Å². The average Bonchev–Trinajstić information content (AvgIpc) is 2.76. The summed E-state index contributed by atoms with van der Waals surface area (Å²) in [6.45, 7) is 1.64. The molecule has 0 aliphatic heterocycles. The molecule has 0 saturated heterocycles. The van der Waals surface area contributed by atoms with E-state index < -0.39 is 11.9 Å². The number of carboxylic acids is 1. The molecule has 0 atom stereocenters. The maximum atomic E-state index is 11.8. The van der Waals surface area contributed by atoms with Crippen molar-refractivity contribution in [3.05, 3.63) is 35.6 Å². The Kier molecular flexibility index (Phi) is 3.00. The Morgan fingerprint density at radius 2 is 2.06 bits per heavy atom. The van der Waals surface area contributed by atoms with Gasteiger partial charge < -0.3 is 14.9 Å². The normalized spacial score (nSPS) is 10.1. The van der Waals surface area contributed by atoms with Crippen LogP contribution in [-0.4, -0.2) is 32.1 Å². The van der Waals surface area contributed by atoms with Gasteiger partial charge in [-0.25, -0.2) is 14.8 Å². The van der Waals surface area contributed by atoms with Crippen molar-refractivity contribution in [3.63, 3.8) is 0 Å². The van der Waals surface area contributed by atoms with Crippen molar-refractivity contribution in [1.82, 2.24) is 15.1 Å². The van der Waals surface area contributed by atoms with Gasteiger partial charge in [-0.3, -0.25) is 4.79 Å². The van der Waals surface area contributed by atoms with E-state index in [9.17, 15) is 9.59 Å². The van der Waals surface area contributed by atoms with Crippen molar-refractivity contribution in [1.29, 1.82) is 0 Å². The van der Waals surface area contributed by atoms with Gasteiger partial charge in [0.2, 0.25) is 5.76 Å². The molecule has 0 aromatic carbocycles. The van der Waals surface area contributed by atoms with Crippen LogP contribution < -0.4 is 5.32 Å². The second-order valence-corrected chi connectivity index (χ2v) is 3.35. The third-order valence-electron chi connectivity index (χ3n) is 2.09. The molecule has 92 valence electrons. The molecule has 2 aromatic heterocycles. The number of carbonyl (C=O) groups is 2. The number of nitrogens with zero attached hydrogens (tertiary/aromatic N) is 3. The molecule has 0 bridgehead atoms. The number of aryl methyl sites for hydroxylation is 1. The second kappa shape index (κ2) is 4.62. The summed E-state index contributed by atoms with van der Waals surface area (Å²) in [4.78, 5) is 30.0. The highest BCUT2D eigenvalue weighted by atomic mass is 16.5. The minimum Gasteiger partial charge on any atom is -0.476 e. The summed E-state index contributed by atoms with van der Waals surface area (Å²) < 4.78 is 4.74. The molecule has 8 heteroatoms. The topological polar surface area (TPSA) is 118 Å². The molecule has 0 spiro atoms. The lowest BCUT2D eigenvalue weighted by Crippen LogP contribution is -2.17. The fourth-order valence-electron chi connectivity index (χ4n) is 1.26. The average molecular weight is 248 g/mol. The van der Waals surface area contributed by atoms with Crippen LogP contribution in [0.1, 0.15) is 26.6 Å². The third-order valence-corrected chi connectivity index (χ3v) is 2.09. The standard InChI is InChI=1S/C10H8N4O4/c1-5-4-13-18-7(5)9(15)14-8-6(10(16)17)11-2-3-12-8/h2-4H,1H3,(H,16,17)(H,12,14,15). The summed E-state index contributed by atoms with van der Waals surface area (Å²) in [6, 6.07) is 0. The van der Waals surface area contributed by atoms with Gasteiger partial charge >= 0.3 is 5.97 Å². The van der Waals surface area contributed by atoms with Crippen molar-refractivity contribution in [2.75, 3.05) is 5.32 Å². The third kappa shape index (κ3) is 2.17. The van der Waals surface area contributed by atoms with Crippen LogP contribution in [0, 0.1) is 6.92 Å². The first-order valence-electron chi connectivity index (χ1n) is 4.86. The number of carboxylic acid groups (broad SMARTS) is 1. The van der Waals surface area contributed by atoms with Crippen LogP contribution in [0.15, 0.2) is 23.1 Å². The smallest absolute Gasteiger partial charge is 0.358 e. The van der Waals surface area contributed by atoms with E-state index in [-0.39, 0.29) is 17.3 Å². The van der Waals surface area contributed by atoms with Crippen molar-refractivity contribution in [2.24, 2.45) is 0 Å². The van der Waals surface area contributed by atoms with E-state index in [0.717, 1.165) is 0 Å². The number of hydrogen-bond donors (Lipinski definition) is 2. The van der Waals surface area contributed by atoms with Gasteiger partial charge in [0.05, 0.1) is 6.20 Å². The van der Waals surface area contributed by atoms with Crippen molar-refractivity contribution >= 4 is 17.7 Å². The number of hydrogen-bond acceptors (Lipinski definition) is 6. The van der Waals surface area contributed by atoms with E-state index in [4.69, 9.17) is 9.63 Å². The van der Waals surface area contributed by atoms with Crippen LogP contribution in [0.25, 0.3) is 0 Å². The second-order valence-electron chi connectivity index (χ2n) is 3.35. The zero-order valence-electron chi connectivity index (χ0n) is 9.25. The van der Waals surface area contributed by atoms with Gasteiger partial charge in [-0.05, 0) is 6.92 Å². The fraction of sp³-hybridized carbons (Fsp3) is 0.100. The zero-order chi connectivity index (χ0) is 13.1. The first-order chi connectivity index (χ1) is 8.59. The molecular formula is C10H8N4O4. The maximum Gasteiger partial charge on any atom is 0.358 e. The molecule has 1 amide bonds. The van der Waals surface area contributed by atoms with E-state index in [0.29, 0.717) is 5.56 Å². The Morgan fingerprint density at radius 1 is 1.33 bits per heavy atom. The van der Waals surface area contributed by atoms with Crippen LogP contribution in [-0.2, 0) is 0 Å². The van der Waals surface area contributed by atoms with Gasteiger partial charge in [-0.1, -0.05) is 5.16 Å². The molecule has 2 heterocycles. The Labute approximate surface area is 101 Å². The minimum atomic E-state index is -1.28. The molecular weight excluding hydrogens is 240 g/mol. The van der Waals surface area contributed by atoms with Crippen molar-refractivity contribution < 1.29 is 19.2 Å². The first-order valence-corrected chi connectivity index (χ1v) is 4.86. The number of aromatic nitrogens is 3. The number of amides is 1. The lowest BCUT2D eigenvalue weighted by Gasteiger charge is -2.04. The monoisotopic (exact) mass is 248 g/mol. The molecule has 2 rings (SSSR count). The van der Waals surface area contributed by atoms with Crippen LogP contribution in [0.5, 0.6) is 0 Å². The largest absolute Gasteiger partial charge is 0.476 e. The SMILES string of the molecule is Cc1cnoc1C(=O)Nc1nccnc1C(=O)O. The summed E-state index contributed by atoms with van der Waals surface area (Å²) in [6.07, 6.45) is 3.87. The molecule has 0 aliphatic rings. The quantitative estimate of drug-likeness (QED) is 0.821. The first kappa shape index (κ1) is 11.7. The van der Waals surface area contributed by atoms with Gasteiger partial charge in [-0.15, -0.1) is 0 Å². The van der Waals surface area contributed by atoms with E-state index in [1.165, 1.54) is 18.6 Å². The summed E-state index contributed by atoms with van der Waals surface area (Å²) in [5.41, 5.74) is 0.191. The lowest BCUT2D eigenvalue weighted by molar-refractivity contribution is 0.0691. The van der Waals surface area contributed by atoms with E-state index in [2.05, 4.69) is 20.4 Å². The highest BCUT2D eigenvalue weighted by Gasteiger charge is 2.19. The molecule has 2 N–H and O–H groups in total. The summed E-state index contributed by atoms with van der Waals surface area (Å²) in [5.74, 6) is -2.07. The van der Waals surface area contributed by atoms with Crippen molar-refractivity contribution in [3.8, 4) is 0 Å². The van der Waals surface area contributed by atoms with Gasteiger partial charge in [0.25, 0.3) is 5.91 Å². The lowest BCUT2D eigenvalue weighted by atomic mass is 10.3.